The SMILES string of the molecule is CCCCOCN(C(=O)CCl)C(=C(C)C)c1ccccc1. The number of amides is 1. The van der Waals surface area contributed by atoms with Gasteiger partial charge in [0.1, 0.15) is 12.6 Å². The summed E-state index contributed by atoms with van der Waals surface area (Å²) in [7, 11) is 0. The molecule has 0 atom stereocenters. The minimum Gasteiger partial charge on any atom is -0.361 e. The normalized spacial score (nSPS) is 10.3. The second kappa shape index (κ2) is 9.59. The van der Waals surface area contributed by atoms with Crippen LogP contribution >= 0.6 is 11.6 Å². The number of hydrogen-bond donors (Lipinski definition) is 0. The fourth-order valence-electron chi connectivity index (χ4n) is 2.05. The second-order valence-electron chi connectivity index (χ2n) is 5.06. The first-order valence-corrected chi connectivity index (χ1v) is 7.82. The summed E-state index contributed by atoms with van der Waals surface area (Å²) in [6, 6.07) is 9.85. The van der Waals surface area contributed by atoms with E-state index in [-0.39, 0.29) is 18.5 Å². The number of unbranched alkanes of at least 4 members (excludes halogenated alkanes) is 1. The van der Waals surface area contributed by atoms with Crippen molar-refractivity contribution in [2.45, 2.75) is 33.6 Å². The zero-order chi connectivity index (χ0) is 15.7. The summed E-state index contributed by atoms with van der Waals surface area (Å²) in [5, 5.41) is 0. The third kappa shape index (κ3) is 5.52. The molecule has 0 bridgehead atoms. The molecule has 0 N–H and O–H groups in total. The van der Waals surface area contributed by atoms with Crippen LogP contribution in [0.5, 0.6) is 0 Å². The van der Waals surface area contributed by atoms with Crippen LogP contribution in [-0.4, -0.2) is 30.0 Å². The standard InChI is InChI=1S/C17H24ClNO2/c1-4-5-11-21-13-19(16(20)12-18)17(14(2)3)15-9-7-6-8-10-15/h6-10H,4-5,11-13H2,1-3H3. The summed E-state index contributed by atoms with van der Waals surface area (Å²) in [5.41, 5.74) is 2.92. The molecule has 21 heavy (non-hydrogen) atoms. The summed E-state index contributed by atoms with van der Waals surface area (Å²) < 4.78 is 5.62. The molecule has 1 amide bonds. The highest BCUT2D eigenvalue weighted by Crippen LogP contribution is 2.23. The minimum absolute atomic E-state index is 0.0548. The van der Waals surface area contributed by atoms with Crippen molar-refractivity contribution < 1.29 is 9.53 Å². The van der Waals surface area contributed by atoms with Gasteiger partial charge in [-0.25, -0.2) is 0 Å². The van der Waals surface area contributed by atoms with Gasteiger partial charge in [-0.1, -0.05) is 49.2 Å². The van der Waals surface area contributed by atoms with Gasteiger partial charge in [0, 0.05) is 6.61 Å². The molecular weight excluding hydrogens is 286 g/mol. The third-order valence-corrected chi connectivity index (χ3v) is 3.30. The second-order valence-corrected chi connectivity index (χ2v) is 5.33. The summed E-state index contributed by atoms with van der Waals surface area (Å²) in [6.07, 6.45) is 2.05. The molecule has 0 aliphatic heterocycles. The van der Waals surface area contributed by atoms with Gasteiger partial charge in [0.25, 0.3) is 0 Å². The number of hydrogen-bond acceptors (Lipinski definition) is 2. The molecule has 0 saturated carbocycles. The van der Waals surface area contributed by atoms with Crippen molar-refractivity contribution in [3.05, 3.63) is 41.5 Å². The van der Waals surface area contributed by atoms with Crippen molar-refractivity contribution in [1.29, 1.82) is 0 Å². The van der Waals surface area contributed by atoms with Crippen LogP contribution in [0, 0.1) is 0 Å². The monoisotopic (exact) mass is 309 g/mol. The lowest BCUT2D eigenvalue weighted by molar-refractivity contribution is -0.129. The zero-order valence-electron chi connectivity index (χ0n) is 13.1. The number of alkyl halides is 1. The molecule has 116 valence electrons. The first-order valence-electron chi connectivity index (χ1n) is 7.28. The van der Waals surface area contributed by atoms with Gasteiger partial charge in [-0.15, -0.1) is 11.6 Å². The van der Waals surface area contributed by atoms with E-state index in [1.807, 2.05) is 44.2 Å². The number of carbonyl (C=O) groups excluding carboxylic acids is 1. The summed E-state index contributed by atoms with van der Waals surface area (Å²) >= 11 is 5.75. The number of allylic oxidation sites excluding steroid dienone is 1. The molecule has 0 aromatic heterocycles. The van der Waals surface area contributed by atoms with Crippen LogP contribution < -0.4 is 0 Å². The molecule has 0 fully saturated rings. The first kappa shape index (κ1) is 17.7. The topological polar surface area (TPSA) is 29.5 Å². The maximum atomic E-state index is 12.2. The molecule has 1 rings (SSSR count). The highest BCUT2D eigenvalue weighted by Gasteiger charge is 2.19. The van der Waals surface area contributed by atoms with Gasteiger partial charge in [0.2, 0.25) is 5.91 Å². The highest BCUT2D eigenvalue weighted by atomic mass is 35.5. The van der Waals surface area contributed by atoms with E-state index in [0.717, 1.165) is 29.7 Å². The molecule has 0 aliphatic rings. The fraction of sp³-hybridized carbons (Fsp3) is 0.471. The van der Waals surface area contributed by atoms with Gasteiger partial charge >= 0.3 is 0 Å². The van der Waals surface area contributed by atoms with Gasteiger partial charge < -0.3 is 4.74 Å². The Bertz CT molecular complexity index is 467. The van der Waals surface area contributed by atoms with Crippen molar-refractivity contribution in [2.75, 3.05) is 19.2 Å². The lowest BCUT2D eigenvalue weighted by Crippen LogP contribution is -2.33. The molecule has 3 nitrogen and oxygen atoms in total. The number of benzene rings is 1. The van der Waals surface area contributed by atoms with Crippen LogP contribution in [0.25, 0.3) is 5.70 Å². The Labute approximate surface area is 132 Å². The van der Waals surface area contributed by atoms with Gasteiger partial charge in [-0.2, -0.15) is 0 Å². The Morgan fingerprint density at radius 2 is 1.90 bits per heavy atom. The van der Waals surface area contributed by atoms with Gasteiger partial charge in [-0.3, -0.25) is 9.69 Å². The summed E-state index contributed by atoms with van der Waals surface area (Å²) in [6.45, 7) is 6.97. The van der Waals surface area contributed by atoms with E-state index in [9.17, 15) is 4.79 Å². The average molecular weight is 310 g/mol. The molecule has 0 unspecified atom stereocenters. The molecule has 0 radical (unpaired) electrons. The van der Waals surface area contributed by atoms with Crippen molar-refractivity contribution in [3.8, 4) is 0 Å². The number of halogens is 1. The molecular formula is C17H24ClNO2. The largest absolute Gasteiger partial charge is 0.361 e. The Balaban J connectivity index is 2.98. The Morgan fingerprint density at radius 3 is 2.43 bits per heavy atom. The van der Waals surface area contributed by atoms with Gasteiger partial charge in [-0.05, 0) is 25.8 Å². The van der Waals surface area contributed by atoms with Crippen LogP contribution in [0.2, 0.25) is 0 Å². The molecule has 1 aromatic rings. The van der Waals surface area contributed by atoms with Crippen LogP contribution in [0.4, 0.5) is 0 Å². The Morgan fingerprint density at radius 1 is 1.24 bits per heavy atom. The molecule has 4 heteroatoms. The van der Waals surface area contributed by atoms with E-state index in [1.165, 1.54) is 0 Å². The fourth-order valence-corrected chi connectivity index (χ4v) is 2.19. The van der Waals surface area contributed by atoms with Crippen LogP contribution in [0.1, 0.15) is 39.2 Å². The van der Waals surface area contributed by atoms with E-state index in [0.29, 0.717) is 6.61 Å². The minimum atomic E-state index is -0.145. The maximum absolute atomic E-state index is 12.2. The quantitative estimate of drug-likeness (QED) is 0.407. The highest BCUT2D eigenvalue weighted by molar-refractivity contribution is 6.27. The first-order chi connectivity index (χ1) is 10.1. The van der Waals surface area contributed by atoms with Crippen molar-refractivity contribution in [1.82, 2.24) is 4.90 Å². The van der Waals surface area contributed by atoms with E-state index in [2.05, 4.69) is 6.92 Å². The predicted octanol–water partition coefficient (Wildman–Crippen LogP) is 4.28. The van der Waals surface area contributed by atoms with E-state index >= 15 is 0 Å². The molecule has 0 heterocycles. The van der Waals surface area contributed by atoms with Crippen molar-refractivity contribution in [2.24, 2.45) is 0 Å². The summed E-state index contributed by atoms with van der Waals surface area (Å²) in [5.74, 6) is -0.200. The van der Waals surface area contributed by atoms with E-state index in [1.54, 1.807) is 4.90 Å². The number of rotatable bonds is 8. The van der Waals surface area contributed by atoms with E-state index in [4.69, 9.17) is 16.3 Å². The Kier molecular flexibility index (Phi) is 8.09. The maximum Gasteiger partial charge on any atom is 0.243 e. The lowest BCUT2D eigenvalue weighted by Gasteiger charge is -2.26. The van der Waals surface area contributed by atoms with Crippen LogP contribution in [0.3, 0.4) is 0 Å². The van der Waals surface area contributed by atoms with Crippen molar-refractivity contribution >= 4 is 23.2 Å². The molecule has 1 aromatic carbocycles. The van der Waals surface area contributed by atoms with Crippen molar-refractivity contribution in [3.63, 3.8) is 0 Å². The third-order valence-electron chi connectivity index (χ3n) is 3.07. The number of nitrogens with zero attached hydrogens (tertiary/aromatic N) is 1. The van der Waals surface area contributed by atoms with Crippen LogP contribution in [-0.2, 0) is 9.53 Å². The predicted molar refractivity (Wildman–Crippen MR) is 88.0 cm³/mol. The van der Waals surface area contributed by atoms with Gasteiger partial charge in [0.15, 0.2) is 0 Å². The molecule has 0 aliphatic carbocycles. The Hall–Kier alpha value is -1.32. The lowest BCUT2D eigenvalue weighted by atomic mass is 10.1. The zero-order valence-corrected chi connectivity index (χ0v) is 13.8. The number of carbonyl (C=O) groups is 1. The molecule has 0 saturated heterocycles. The molecule has 0 spiro atoms. The smallest absolute Gasteiger partial charge is 0.243 e. The van der Waals surface area contributed by atoms with Crippen LogP contribution in [0.15, 0.2) is 35.9 Å². The summed E-state index contributed by atoms with van der Waals surface area (Å²) in [4.78, 5) is 13.8. The number of ether oxygens (including phenoxy) is 1. The average Bonchev–Trinajstić information content (AvgIpc) is 2.50. The van der Waals surface area contributed by atoms with E-state index < -0.39 is 0 Å². The van der Waals surface area contributed by atoms with Gasteiger partial charge in [0.05, 0.1) is 5.70 Å².